The van der Waals surface area contributed by atoms with Crippen LogP contribution >= 0.6 is 0 Å². The van der Waals surface area contributed by atoms with Gasteiger partial charge in [0.05, 0.1) is 12.1 Å². The third-order valence-corrected chi connectivity index (χ3v) is 2.62. The number of rotatable bonds is 4. The lowest BCUT2D eigenvalue weighted by atomic mass is 9.90. The molecule has 0 radical (unpaired) electrons. The van der Waals surface area contributed by atoms with E-state index in [0.717, 1.165) is 0 Å². The van der Waals surface area contributed by atoms with Crippen LogP contribution in [0.2, 0.25) is 0 Å². The van der Waals surface area contributed by atoms with Crippen LogP contribution in [0.25, 0.3) is 0 Å². The molecule has 0 aromatic carbocycles. The molecule has 1 amide bonds. The number of carbonyl (C=O) groups is 2. The van der Waals surface area contributed by atoms with Crippen molar-refractivity contribution in [3.05, 3.63) is 0 Å². The number of amides is 1. The van der Waals surface area contributed by atoms with Gasteiger partial charge in [0.1, 0.15) is 6.04 Å². The maximum absolute atomic E-state index is 11.7. The summed E-state index contributed by atoms with van der Waals surface area (Å²) >= 11 is 0. The average Bonchev–Trinajstić information content (AvgIpc) is 2.26. The zero-order valence-corrected chi connectivity index (χ0v) is 8.81. The number of hydrogen-bond acceptors (Lipinski definition) is 5. The summed E-state index contributed by atoms with van der Waals surface area (Å²) in [6.45, 7) is 0.0925. The van der Waals surface area contributed by atoms with Gasteiger partial charge in [0, 0.05) is 13.2 Å². The van der Waals surface area contributed by atoms with Crippen LogP contribution < -0.4 is 11.1 Å². The maximum Gasteiger partial charge on any atom is 0.328 e. The van der Waals surface area contributed by atoms with Gasteiger partial charge in [-0.05, 0) is 12.8 Å². The first-order valence-corrected chi connectivity index (χ1v) is 5.01. The van der Waals surface area contributed by atoms with Crippen LogP contribution in [0.1, 0.15) is 12.8 Å². The number of nitrogens with one attached hydrogen (secondary N) is 1. The van der Waals surface area contributed by atoms with E-state index < -0.39 is 30.1 Å². The fraction of sp³-hybridized carbons (Fsp3) is 0.778. The Labute approximate surface area is 92.6 Å². The van der Waals surface area contributed by atoms with Crippen molar-refractivity contribution in [3.8, 4) is 0 Å². The summed E-state index contributed by atoms with van der Waals surface area (Å²) in [5, 5.41) is 19.6. The summed E-state index contributed by atoms with van der Waals surface area (Å²) in [6, 6.07) is -1.31. The lowest BCUT2D eigenvalue weighted by molar-refractivity contribution is -0.144. The molecule has 1 aliphatic rings. The third-order valence-electron chi connectivity index (χ3n) is 2.62. The molecule has 0 aliphatic carbocycles. The minimum atomic E-state index is -1.31. The lowest BCUT2D eigenvalue weighted by Crippen LogP contribution is -2.60. The van der Waals surface area contributed by atoms with Gasteiger partial charge in [0.2, 0.25) is 5.91 Å². The number of aliphatic carboxylic acids is 1. The van der Waals surface area contributed by atoms with Crippen LogP contribution in [0.3, 0.4) is 0 Å². The first kappa shape index (κ1) is 12.9. The van der Waals surface area contributed by atoms with Crippen LogP contribution in [-0.4, -0.2) is 53.5 Å². The largest absolute Gasteiger partial charge is 0.480 e. The molecule has 1 atom stereocenters. The smallest absolute Gasteiger partial charge is 0.328 e. The van der Waals surface area contributed by atoms with E-state index >= 15 is 0 Å². The van der Waals surface area contributed by atoms with Crippen molar-refractivity contribution in [2.45, 2.75) is 24.4 Å². The van der Waals surface area contributed by atoms with Crippen molar-refractivity contribution >= 4 is 11.9 Å². The molecule has 0 saturated carbocycles. The van der Waals surface area contributed by atoms with Gasteiger partial charge in [0.25, 0.3) is 0 Å². The summed E-state index contributed by atoms with van der Waals surface area (Å²) in [7, 11) is 0. The zero-order chi connectivity index (χ0) is 12.2. The second-order valence-electron chi connectivity index (χ2n) is 3.82. The summed E-state index contributed by atoms with van der Waals surface area (Å²) < 4.78 is 5.07. The highest BCUT2D eigenvalue weighted by Gasteiger charge is 2.37. The summed E-state index contributed by atoms with van der Waals surface area (Å²) in [5.41, 5.74) is 4.74. The molecule has 0 spiro atoms. The van der Waals surface area contributed by atoms with Crippen molar-refractivity contribution in [1.29, 1.82) is 0 Å². The van der Waals surface area contributed by atoms with Crippen LogP contribution in [0.4, 0.5) is 0 Å². The molecule has 0 bridgehead atoms. The Bertz CT molecular complexity index is 275. The van der Waals surface area contributed by atoms with Gasteiger partial charge in [-0.1, -0.05) is 0 Å². The number of aliphatic hydroxyl groups is 1. The Hall–Kier alpha value is -1.18. The Morgan fingerprint density at radius 3 is 2.44 bits per heavy atom. The highest BCUT2D eigenvalue weighted by Crippen LogP contribution is 2.17. The number of aliphatic hydroxyl groups excluding tert-OH is 1. The van der Waals surface area contributed by atoms with Crippen LogP contribution in [-0.2, 0) is 14.3 Å². The van der Waals surface area contributed by atoms with Gasteiger partial charge in [-0.2, -0.15) is 0 Å². The molecule has 0 unspecified atom stereocenters. The van der Waals surface area contributed by atoms with Gasteiger partial charge in [-0.25, -0.2) is 4.79 Å². The average molecular weight is 232 g/mol. The van der Waals surface area contributed by atoms with E-state index in [2.05, 4.69) is 5.32 Å². The Morgan fingerprint density at radius 2 is 2.00 bits per heavy atom. The van der Waals surface area contributed by atoms with E-state index in [4.69, 9.17) is 20.7 Å². The van der Waals surface area contributed by atoms with Gasteiger partial charge >= 0.3 is 5.97 Å². The SMILES string of the molecule is NC1(C(=O)N[C@H](CO)C(=O)O)CCOCC1. The topological polar surface area (TPSA) is 122 Å². The Balaban J connectivity index is 2.59. The molecule has 5 N–H and O–H groups in total. The second kappa shape index (κ2) is 5.24. The van der Waals surface area contributed by atoms with Gasteiger partial charge < -0.3 is 26.0 Å². The summed E-state index contributed by atoms with van der Waals surface area (Å²) in [4.78, 5) is 22.3. The lowest BCUT2D eigenvalue weighted by Gasteiger charge is -2.32. The number of carbonyl (C=O) groups excluding carboxylic acids is 1. The van der Waals surface area contributed by atoms with Gasteiger partial charge in [-0.15, -0.1) is 0 Å². The van der Waals surface area contributed by atoms with E-state index in [1.54, 1.807) is 0 Å². The number of hydrogen-bond donors (Lipinski definition) is 4. The van der Waals surface area contributed by atoms with E-state index in [1.807, 2.05) is 0 Å². The van der Waals surface area contributed by atoms with Gasteiger partial charge in [0.15, 0.2) is 0 Å². The van der Waals surface area contributed by atoms with E-state index in [0.29, 0.717) is 26.1 Å². The van der Waals surface area contributed by atoms with E-state index in [9.17, 15) is 9.59 Å². The summed E-state index contributed by atoms with van der Waals surface area (Å²) in [6.07, 6.45) is 0.688. The molecule has 16 heavy (non-hydrogen) atoms. The fourth-order valence-electron chi connectivity index (χ4n) is 1.45. The normalized spacial score (nSPS) is 21.1. The molecule has 7 heteroatoms. The van der Waals surface area contributed by atoms with Crippen LogP contribution in [0.15, 0.2) is 0 Å². The number of nitrogens with two attached hydrogens (primary N) is 1. The van der Waals surface area contributed by atoms with E-state index in [1.165, 1.54) is 0 Å². The van der Waals surface area contributed by atoms with Crippen LogP contribution in [0, 0.1) is 0 Å². The molecule has 7 nitrogen and oxygen atoms in total. The van der Waals surface area contributed by atoms with Crippen molar-refractivity contribution in [3.63, 3.8) is 0 Å². The molecule has 1 fully saturated rings. The van der Waals surface area contributed by atoms with Crippen LogP contribution in [0.5, 0.6) is 0 Å². The quantitative estimate of drug-likeness (QED) is 0.447. The summed E-state index contributed by atoms with van der Waals surface area (Å²) in [5.74, 6) is -1.84. The minimum absolute atomic E-state index is 0.344. The molecular weight excluding hydrogens is 216 g/mol. The first-order chi connectivity index (χ1) is 7.49. The second-order valence-corrected chi connectivity index (χ2v) is 3.82. The fourth-order valence-corrected chi connectivity index (χ4v) is 1.45. The third kappa shape index (κ3) is 2.91. The van der Waals surface area contributed by atoms with Crippen molar-refractivity contribution in [2.75, 3.05) is 19.8 Å². The molecule has 0 aromatic heterocycles. The molecule has 0 aromatic rings. The number of carboxylic acids is 1. The monoisotopic (exact) mass is 232 g/mol. The van der Waals surface area contributed by atoms with E-state index in [-0.39, 0.29) is 0 Å². The Morgan fingerprint density at radius 1 is 1.44 bits per heavy atom. The van der Waals surface area contributed by atoms with Crippen molar-refractivity contribution in [2.24, 2.45) is 5.73 Å². The van der Waals surface area contributed by atoms with Gasteiger partial charge in [-0.3, -0.25) is 4.79 Å². The number of ether oxygens (including phenoxy) is 1. The highest BCUT2D eigenvalue weighted by molar-refractivity contribution is 5.90. The molecule has 1 heterocycles. The minimum Gasteiger partial charge on any atom is -0.480 e. The maximum atomic E-state index is 11.7. The van der Waals surface area contributed by atoms with Crippen molar-refractivity contribution < 1.29 is 24.5 Å². The van der Waals surface area contributed by atoms with Crippen molar-refractivity contribution in [1.82, 2.24) is 5.32 Å². The molecular formula is C9H16N2O5. The predicted octanol–water partition coefficient (Wildman–Crippen LogP) is -1.94. The first-order valence-electron chi connectivity index (χ1n) is 5.01. The predicted molar refractivity (Wildman–Crippen MR) is 53.6 cm³/mol. The number of carboxylic acid groups (broad SMARTS) is 1. The molecule has 92 valence electrons. The standard InChI is InChI=1S/C9H16N2O5/c10-9(1-3-16-4-2-9)8(15)11-6(5-12)7(13)14/h6,12H,1-5,10H2,(H,11,15)(H,13,14)/t6-/m1/s1. The molecule has 1 rings (SSSR count). The highest BCUT2D eigenvalue weighted by atomic mass is 16.5. The Kier molecular flexibility index (Phi) is 4.22. The molecule has 1 saturated heterocycles. The zero-order valence-electron chi connectivity index (χ0n) is 8.81. The molecule has 1 aliphatic heterocycles.